The summed E-state index contributed by atoms with van der Waals surface area (Å²) in [6, 6.07) is 16.7. The standard InChI is InChI=1S/C25H22FN3O3/c26-20-9-7-18(8-10-20)25(32)28-13-21-24(22(15-30)29(21)23(31)14-28)17-5-3-16(4-6-17)19-2-1-11-27-12-19/h1-12,21-22,24,30H,13-15H2/t21-,22+,24-/m0/s1. The van der Waals surface area contributed by atoms with Gasteiger partial charge in [-0.05, 0) is 47.0 Å². The molecular weight excluding hydrogens is 409 g/mol. The van der Waals surface area contributed by atoms with Crippen molar-refractivity contribution in [3.63, 3.8) is 0 Å². The van der Waals surface area contributed by atoms with E-state index in [0.29, 0.717) is 12.1 Å². The molecule has 2 aliphatic rings. The van der Waals surface area contributed by atoms with Gasteiger partial charge in [0.2, 0.25) is 5.91 Å². The van der Waals surface area contributed by atoms with E-state index in [1.165, 1.54) is 29.2 Å². The van der Waals surface area contributed by atoms with Gasteiger partial charge in [-0.3, -0.25) is 14.6 Å². The molecule has 7 heteroatoms. The van der Waals surface area contributed by atoms with Crippen LogP contribution < -0.4 is 0 Å². The Kier molecular flexibility index (Phi) is 5.19. The van der Waals surface area contributed by atoms with E-state index in [4.69, 9.17) is 0 Å². The fourth-order valence-corrected chi connectivity index (χ4v) is 4.86. The summed E-state index contributed by atoms with van der Waals surface area (Å²) in [5.41, 5.74) is 3.41. The maximum atomic E-state index is 13.2. The minimum atomic E-state index is -0.415. The number of hydrogen-bond donors (Lipinski definition) is 1. The fourth-order valence-electron chi connectivity index (χ4n) is 4.86. The van der Waals surface area contributed by atoms with Crippen molar-refractivity contribution in [3.05, 3.63) is 90.0 Å². The van der Waals surface area contributed by atoms with Gasteiger partial charge in [-0.1, -0.05) is 30.3 Å². The van der Waals surface area contributed by atoms with Crippen molar-refractivity contribution in [2.45, 2.75) is 18.0 Å². The largest absolute Gasteiger partial charge is 0.394 e. The molecule has 2 fully saturated rings. The maximum absolute atomic E-state index is 13.2. The first-order valence-corrected chi connectivity index (χ1v) is 10.5. The molecule has 5 rings (SSSR count). The molecule has 6 nitrogen and oxygen atoms in total. The average Bonchev–Trinajstić information content (AvgIpc) is 2.81. The Bertz CT molecular complexity index is 1140. The molecule has 3 heterocycles. The van der Waals surface area contributed by atoms with Crippen molar-refractivity contribution >= 4 is 11.8 Å². The van der Waals surface area contributed by atoms with Crippen molar-refractivity contribution in [2.75, 3.05) is 19.7 Å². The summed E-state index contributed by atoms with van der Waals surface area (Å²) in [5, 5.41) is 9.97. The van der Waals surface area contributed by atoms with Crippen molar-refractivity contribution in [2.24, 2.45) is 0 Å². The van der Waals surface area contributed by atoms with Crippen molar-refractivity contribution in [3.8, 4) is 11.1 Å². The fraction of sp³-hybridized carbons (Fsp3) is 0.240. The summed E-state index contributed by atoms with van der Waals surface area (Å²) in [6.45, 7) is 0.187. The normalized spacial score (nSPS) is 22.3. The molecule has 2 amide bonds. The average molecular weight is 431 g/mol. The molecular formula is C25H22FN3O3. The Balaban J connectivity index is 1.38. The first-order valence-electron chi connectivity index (χ1n) is 10.5. The van der Waals surface area contributed by atoms with E-state index >= 15 is 0 Å². The first kappa shape index (κ1) is 20.3. The SMILES string of the molecule is O=C(c1ccc(F)cc1)N1CC(=O)N2[C@H](CO)[C@@H](c3ccc(-c4cccnc4)cc3)[C@@H]2C1. The summed E-state index contributed by atoms with van der Waals surface area (Å²) in [5.74, 6) is -0.965. The number of aliphatic hydroxyl groups excluding tert-OH is 1. The molecule has 0 radical (unpaired) electrons. The molecule has 162 valence electrons. The zero-order valence-corrected chi connectivity index (χ0v) is 17.3. The van der Waals surface area contributed by atoms with Crippen LogP contribution in [0.15, 0.2) is 73.1 Å². The molecule has 2 saturated heterocycles. The first-order chi connectivity index (χ1) is 15.6. The van der Waals surface area contributed by atoms with E-state index in [2.05, 4.69) is 4.98 Å². The van der Waals surface area contributed by atoms with E-state index in [0.717, 1.165) is 16.7 Å². The third-order valence-corrected chi connectivity index (χ3v) is 6.42. The van der Waals surface area contributed by atoms with Crippen LogP contribution in [0.2, 0.25) is 0 Å². The zero-order valence-electron chi connectivity index (χ0n) is 17.3. The third-order valence-electron chi connectivity index (χ3n) is 6.42. The van der Waals surface area contributed by atoms with Crippen LogP contribution in [0.3, 0.4) is 0 Å². The van der Waals surface area contributed by atoms with Crippen LogP contribution in [-0.2, 0) is 4.79 Å². The zero-order chi connectivity index (χ0) is 22.2. The Labute approximate surface area is 184 Å². The van der Waals surface area contributed by atoms with Gasteiger partial charge >= 0.3 is 0 Å². The van der Waals surface area contributed by atoms with Crippen molar-refractivity contribution in [1.82, 2.24) is 14.8 Å². The van der Waals surface area contributed by atoms with E-state index in [1.807, 2.05) is 36.4 Å². The summed E-state index contributed by atoms with van der Waals surface area (Å²) < 4.78 is 13.2. The summed E-state index contributed by atoms with van der Waals surface area (Å²) in [4.78, 5) is 33.1. The molecule has 0 bridgehead atoms. The van der Waals surface area contributed by atoms with Gasteiger partial charge in [-0.2, -0.15) is 0 Å². The van der Waals surface area contributed by atoms with Gasteiger partial charge in [0, 0.05) is 30.4 Å². The predicted molar refractivity (Wildman–Crippen MR) is 116 cm³/mol. The molecule has 3 aromatic rings. The van der Waals surface area contributed by atoms with Crippen LogP contribution in [0.1, 0.15) is 21.8 Å². The Hall–Kier alpha value is -3.58. The minimum absolute atomic E-state index is 0.0458. The lowest BCUT2D eigenvalue weighted by Crippen LogP contribution is -2.73. The lowest BCUT2D eigenvalue weighted by atomic mass is 9.73. The highest BCUT2D eigenvalue weighted by Gasteiger charge is 2.54. The molecule has 0 aliphatic carbocycles. The predicted octanol–water partition coefficient (Wildman–Crippen LogP) is 2.70. The summed E-state index contributed by atoms with van der Waals surface area (Å²) in [6.07, 6.45) is 3.53. The monoisotopic (exact) mass is 431 g/mol. The summed E-state index contributed by atoms with van der Waals surface area (Å²) in [7, 11) is 0. The van der Waals surface area contributed by atoms with E-state index in [1.54, 1.807) is 17.3 Å². The van der Waals surface area contributed by atoms with Crippen LogP contribution in [0.4, 0.5) is 4.39 Å². The van der Waals surface area contributed by atoms with Crippen LogP contribution in [0, 0.1) is 5.82 Å². The Morgan fingerprint density at radius 2 is 1.81 bits per heavy atom. The number of hydrogen-bond acceptors (Lipinski definition) is 4. The lowest BCUT2D eigenvalue weighted by Gasteiger charge is -2.58. The van der Waals surface area contributed by atoms with E-state index < -0.39 is 5.82 Å². The number of halogens is 1. The number of carbonyl (C=O) groups is 2. The number of rotatable bonds is 4. The number of nitrogens with zero attached hydrogens (tertiary/aromatic N) is 3. The maximum Gasteiger partial charge on any atom is 0.254 e. The number of benzene rings is 2. The van der Waals surface area contributed by atoms with Gasteiger partial charge in [0.15, 0.2) is 0 Å². The second kappa shape index (κ2) is 8.16. The topological polar surface area (TPSA) is 73.7 Å². The van der Waals surface area contributed by atoms with Crippen molar-refractivity contribution in [1.29, 1.82) is 0 Å². The number of pyridine rings is 1. The highest BCUT2D eigenvalue weighted by atomic mass is 19.1. The van der Waals surface area contributed by atoms with Gasteiger partial charge in [0.25, 0.3) is 5.91 Å². The van der Waals surface area contributed by atoms with Crippen LogP contribution in [-0.4, -0.2) is 63.5 Å². The molecule has 2 aliphatic heterocycles. The van der Waals surface area contributed by atoms with Crippen LogP contribution >= 0.6 is 0 Å². The highest BCUT2D eigenvalue weighted by molar-refractivity contribution is 5.97. The molecule has 0 unspecified atom stereocenters. The number of fused-ring (bicyclic) bond motifs is 1. The van der Waals surface area contributed by atoms with Gasteiger partial charge < -0.3 is 14.9 Å². The Morgan fingerprint density at radius 3 is 2.47 bits per heavy atom. The second-order valence-corrected chi connectivity index (χ2v) is 8.20. The molecule has 1 N–H and O–H groups in total. The Morgan fingerprint density at radius 1 is 1.06 bits per heavy atom. The number of carbonyl (C=O) groups excluding carboxylic acids is 2. The number of aliphatic hydroxyl groups is 1. The van der Waals surface area contributed by atoms with Gasteiger partial charge in [0.1, 0.15) is 12.4 Å². The third kappa shape index (κ3) is 3.44. The van der Waals surface area contributed by atoms with Gasteiger partial charge in [-0.25, -0.2) is 4.39 Å². The number of aromatic nitrogens is 1. The second-order valence-electron chi connectivity index (χ2n) is 8.20. The lowest BCUT2D eigenvalue weighted by molar-refractivity contribution is -0.159. The quantitative estimate of drug-likeness (QED) is 0.690. The molecule has 32 heavy (non-hydrogen) atoms. The molecule has 0 saturated carbocycles. The molecule has 3 atom stereocenters. The molecule has 2 aromatic carbocycles. The smallest absolute Gasteiger partial charge is 0.254 e. The van der Waals surface area contributed by atoms with Crippen molar-refractivity contribution < 1.29 is 19.1 Å². The summed E-state index contributed by atoms with van der Waals surface area (Å²) >= 11 is 0. The highest BCUT2D eigenvalue weighted by Crippen LogP contribution is 2.43. The van der Waals surface area contributed by atoms with E-state index in [9.17, 15) is 19.1 Å². The van der Waals surface area contributed by atoms with Crippen LogP contribution in [0.25, 0.3) is 11.1 Å². The van der Waals surface area contributed by atoms with E-state index in [-0.39, 0.29) is 43.0 Å². The number of piperazine rings is 1. The van der Waals surface area contributed by atoms with Crippen LogP contribution in [0.5, 0.6) is 0 Å². The number of amides is 2. The minimum Gasteiger partial charge on any atom is -0.394 e. The molecule has 0 spiro atoms. The van der Waals surface area contributed by atoms with Gasteiger partial charge in [-0.15, -0.1) is 0 Å². The van der Waals surface area contributed by atoms with Gasteiger partial charge in [0.05, 0.1) is 18.7 Å². The molecule has 1 aromatic heterocycles.